The molecule has 0 aliphatic rings. The number of aromatic nitrogens is 7. The van der Waals surface area contributed by atoms with Gasteiger partial charge in [0.05, 0.1) is 31.4 Å². The Morgan fingerprint density at radius 2 is 1.12 bits per heavy atom. The van der Waals surface area contributed by atoms with Crippen LogP contribution in [0.2, 0.25) is 0 Å². The van der Waals surface area contributed by atoms with Crippen molar-refractivity contribution in [1.29, 1.82) is 0 Å². The van der Waals surface area contributed by atoms with Crippen molar-refractivity contribution in [3.63, 3.8) is 0 Å². The topological polar surface area (TPSA) is 142 Å². The van der Waals surface area contributed by atoms with Crippen molar-refractivity contribution in [3.05, 3.63) is 128 Å². The Morgan fingerprint density at radius 3 is 1.59 bits per heavy atom. The van der Waals surface area contributed by atoms with Crippen LogP contribution in [0.25, 0.3) is 33.5 Å². The van der Waals surface area contributed by atoms with Crippen LogP contribution in [0.3, 0.4) is 0 Å². The third-order valence-electron chi connectivity index (χ3n) is 8.78. The monoisotopic (exact) mass is 746 g/mol. The lowest BCUT2D eigenvalue weighted by Gasteiger charge is -2.13. The summed E-state index contributed by atoms with van der Waals surface area (Å²) in [5.74, 6) is 1.92. The van der Waals surface area contributed by atoms with E-state index in [1.54, 1.807) is 28.4 Å². The number of ether oxygens (including phenoxy) is 1. The van der Waals surface area contributed by atoms with Crippen molar-refractivity contribution in [1.82, 2.24) is 34.2 Å². The van der Waals surface area contributed by atoms with Gasteiger partial charge in [-0.1, -0.05) is 24.3 Å². The fourth-order valence-electron chi connectivity index (χ4n) is 5.90. The first-order valence-electron chi connectivity index (χ1n) is 17.8. The van der Waals surface area contributed by atoms with Crippen molar-refractivity contribution < 1.29 is 9.53 Å². The minimum atomic E-state index is -0.0931. The number of anilines is 7. The molecule has 14 nitrogen and oxygen atoms in total. The molecule has 0 atom stereocenters. The summed E-state index contributed by atoms with van der Waals surface area (Å²) in [6.45, 7) is 1.49. The average Bonchev–Trinajstić information content (AvgIpc) is 3.83. The number of nitrogens with zero attached hydrogens (tertiary/aromatic N) is 9. The van der Waals surface area contributed by atoms with Gasteiger partial charge in [0.25, 0.3) is 0 Å². The Labute approximate surface area is 324 Å². The van der Waals surface area contributed by atoms with Crippen LogP contribution < -0.4 is 30.5 Å². The Kier molecular flexibility index (Phi) is 10.7. The number of carbonyl (C=O) groups is 1. The van der Waals surface area contributed by atoms with Crippen molar-refractivity contribution in [2.75, 3.05) is 61.1 Å². The molecule has 5 heterocycles. The van der Waals surface area contributed by atoms with Gasteiger partial charge in [-0.25, -0.2) is 24.0 Å². The number of carbonyl (C=O) groups excluding carboxylic acids is 1. The van der Waals surface area contributed by atoms with E-state index < -0.39 is 0 Å². The summed E-state index contributed by atoms with van der Waals surface area (Å²) in [5, 5.41) is 18.2. The summed E-state index contributed by atoms with van der Waals surface area (Å²) in [4.78, 5) is 29.0. The predicted molar refractivity (Wildman–Crippen MR) is 224 cm³/mol. The molecule has 0 spiro atoms. The maximum atomic E-state index is 11.1. The van der Waals surface area contributed by atoms with Crippen molar-refractivity contribution in [3.8, 4) is 28.1 Å². The van der Waals surface area contributed by atoms with Crippen LogP contribution in [0, 0.1) is 0 Å². The molecule has 0 aliphatic heterocycles. The molecule has 0 fully saturated rings. The summed E-state index contributed by atoms with van der Waals surface area (Å²) in [6, 6.07) is 31.6. The van der Waals surface area contributed by atoms with Crippen LogP contribution in [0.5, 0.6) is 5.88 Å². The predicted octanol–water partition coefficient (Wildman–Crippen LogP) is 7.77. The number of amides is 1. The molecule has 282 valence electrons. The first-order chi connectivity index (χ1) is 27.1. The van der Waals surface area contributed by atoms with Crippen molar-refractivity contribution in [2.24, 2.45) is 0 Å². The Morgan fingerprint density at radius 1 is 0.625 bits per heavy atom. The minimum Gasteiger partial charge on any atom is -0.481 e. The van der Waals surface area contributed by atoms with Gasteiger partial charge in [-0.2, -0.15) is 10.2 Å². The number of nitrogens with one attached hydrogen (secondary N) is 3. The maximum Gasteiger partial charge on any atom is 0.221 e. The lowest BCUT2D eigenvalue weighted by atomic mass is 10.1. The number of pyridine rings is 1. The van der Waals surface area contributed by atoms with Gasteiger partial charge in [0, 0.05) is 87.5 Å². The molecule has 1 amide bonds. The van der Waals surface area contributed by atoms with E-state index in [2.05, 4.69) is 77.3 Å². The fourth-order valence-corrected chi connectivity index (χ4v) is 5.90. The minimum absolute atomic E-state index is 0.0931. The number of rotatable bonds is 10. The number of hydrogen-bond acceptors (Lipinski definition) is 11. The third-order valence-corrected chi connectivity index (χ3v) is 8.78. The van der Waals surface area contributed by atoms with Gasteiger partial charge in [-0.15, -0.1) is 0 Å². The Bertz CT molecular complexity index is 2600. The molecule has 56 heavy (non-hydrogen) atoms. The SMILES string of the molecule is CC(=O)Nc1ccc(Nc2ccn3ncc(-c4cccc(N(C)C)c4)c3n2)cc1.COc1ccc(Nc2ccn3ncc(-c4cccc(N(C)C)c4)c3n2)cn1. The molecule has 0 saturated heterocycles. The second-order valence-electron chi connectivity index (χ2n) is 13.3. The highest BCUT2D eigenvalue weighted by atomic mass is 16.5. The highest BCUT2D eigenvalue weighted by molar-refractivity contribution is 5.89. The number of methoxy groups -OCH3 is 1. The van der Waals surface area contributed by atoms with Gasteiger partial charge < -0.3 is 30.5 Å². The lowest BCUT2D eigenvalue weighted by molar-refractivity contribution is -0.114. The zero-order chi connectivity index (χ0) is 39.2. The molecule has 14 heteroatoms. The summed E-state index contributed by atoms with van der Waals surface area (Å²) >= 11 is 0. The first-order valence-corrected chi connectivity index (χ1v) is 17.8. The number of fused-ring (bicyclic) bond motifs is 2. The molecular weight excluding hydrogens is 705 g/mol. The van der Waals surface area contributed by atoms with E-state index in [0.717, 1.165) is 73.6 Å². The first kappa shape index (κ1) is 36.9. The summed E-state index contributed by atoms with van der Waals surface area (Å²) in [7, 11) is 9.69. The molecule has 0 aliphatic carbocycles. The van der Waals surface area contributed by atoms with Crippen LogP contribution in [-0.2, 0) is 4.79 Å². The highest BCUT2D eigenvalue weighted by Crippen LogP contribution is 2.29. The highest BCUT2D eigenvalue weighted by Gasteiger charge is 2.12. The molecule has 0 unspecified atom stereocenters. The van der Waals surface area contributed by atoms with Gasteiger partial charge in [-0.05, 0) is 77.9 Å². The van der Waals surface area contributed by atoms with Gasteiger partial charge in [0.15, 0.2) is 11.3 Å². The lowest BCUT2D eigenvalue weighted by Crippen LogP contribution is -2.08. The zero-order valence-electron chi connectivity index (χ0n) is 32.0. The van der Waals surface area contributed by atoms with Gasteiger partial charge in [0.2, 0.25) is 11.8 Å². The molecule has 8 aromatic rings. The van der Waals surface area contributed by atoms with Gasteiger partial charge in [-0.3, -0.25) is 4.79 Å². The molecule has 3 aromatic carbocycles. The number of benzene rings is 3. The van der Waals surface area contributed by atoms with Gasteiger partial charge in [0.1, 0.15) is 11.6 Å². The molecular formula is C42H42N12O2. The number of hydrogen-bond donors (Lipinski definition) is 3. The quantitative estimate of drug-likeness (QED) is 0.126. The molecule has 0 saturated carbocycles. The van der Waals surface area contributed by atoms with Crippen molar-refractivity contribution in [2.45, 2.75) is 6.92 Å². The van der Waals surface area contributed by atoms with E-state index in [0.29, 0.717) is 5.88 Å². The van der Waals surface area contributed by atoms with Crippen LogP contribution >= 0.6 is 0 Å². The zero-order valence-corrected chi connectivity index (χ0v) is 32.0. The Balaban J connectivity index is 0.000000172. The van der Waals surface area contributed by atoms with Crippen LogP contribution in [0.1, 0.15) is 6.92 Å². The standard InChI is InChI=1S/C22H22N6O.C20H20N6O/c1-15(29)24-17-7-9-18(10-8-17)25-21-11-12-28-22(26-21)20(14-23-28)16-5-4-6-19(13-16)27(2)3;1-25(2)16-6-4-5-14(11-16)17-13-22-26-10-9-18(24-20(17)26)23-15-7-8-19(27-3)21-12-15/h4-14H,1-3H3,(H,24,29)(H,25,26);4-13H,1-3H3,(H,23,24). The normalized spacial score (nSPS) is 10.8. The van der Waals surface area contributed by atoms with Gasteiger partial charge >= 0.3 is 0 Å². The average molecular weight is 747 g/mol. The van der Waals surface area contributed by atoms with E-state index in [4.69, 9.17) is 14.7 Å². The van der Waals surface area contributed by atoms with Crippen LogP contribution in [-0.4, -0.2) is 75.4 Å². The fraction of sp³-hybridized carbons (Fsp3) is 0.143. The summed E-state index contributed by atoms with van der Waals surface area (Å²) < 4.78 is 8.63. The molecule has 5 aromatic heterocycles. The second kappa shape index (κ2) is 16.3. The van der Waals surface area contributed by atoms with E-state index in [1.807, 2.05) is 108 Å². The summed E-state index contributed by atoms with van der Waals surface area (Å²) in [5.41, 5.74) is 10.4. The molecule has 0 radical (unpaired) electrons. The largest absolute Gasteiger partial charge is 0.481 e. The molecule has 0 bridgehead atoms. The van der Waals surface area contributed by atoms with E-state index in [1.165, 1.54) is 6.92 Å². The van der Waals surface area contributed by atoms with Crippen LogP contribution in [0.4, 0.5) is 40.1 Å². The van der Waals surface area contributed by atoms with E-state index in [9.17, 15) is 4.79 Å². The van der Waals surface area contributed by atoms with E-state index in [-0.39, 0.29) is 5.91 Å². The maximum absolute atomic E-state index is 11.1. The van der Waals surface area contributed by atoms with E-state index >= 15 is 0 Å². The molecule has 8 rings (SSSR count). The second-order valence-corrected chi connectivity index (χ2v) is 13.3. The Hall–Kier alpha value is -7.48. The summed E-state index contributed by atoms with van der Waals surface area (Å²) in [6.07, 6.45) is 9.16. The smallest absolute Gasteiger partial charge is 0.221 e. The van der Waals surface area contributed by atoms with Crippen LogP contribution in [0.15, 0.2) is 128 Å². The van der Waals surface area contributed by atoms with Crippen molar-refractivity contribution >= 4 is 57.3 Å². The molecule has 3 N–H and O–H groups in total. The third kappa shape index (κ3) is 8.50.